The Kier molecular flexibility index (Phi) is 7.07. The van der Waals surface area contributed by atoms with Crippen molar-refractivity contribution in [2.45, 2.75) is 70.8 Å². The van der Waals surface area contributed by atoms with Crippen LogP contribution >= 0.6 is 0 Å². The molecule has 2 aromatic rings. The zero-order valence-electron chi connectivity index (χ0n) is 21.2. The second-order valence-electron chi connectivity index (χ2n) is 10.3. The highest BCUT2D eigenvalue weighted by atomic mass is 19.1. The lowest BCUT2D eigenvalue weighted by molar-refractivity contribution is -0.140. The number of rotatable bonds is 7. The van der Waals surface area contributed by atoms with Gasteiger partial charge in [-0.3, -0.25) is 14.4 Å². The highest BCUT2D eigenvalue weighted by Crippen LogP contribution is 2.42. The normalized spacial score (nSPS) is 17.8. The smallest absolute Gasteiger partial charge is 0.303 e. The molecule has 36 heavy (non-hydrogen) atoms. The van der Waals surface area contributed by atoms with Gasteiger partial charge in [0.15, 0.2) is 0 Å². The number of hydrogen-bond donors (Lipinski definition) is 2. The van der Waals surface area contributed by atoms with Gasteiger partial charge in [-0.25, -0.2) is 4.39 Å². The fourth-order valence-electron chi connectivity index (χ4n) is 5.65. The number of fused-ring (bicyclic) bond motifs is 2. The van der Waals surface area contributed by atoms with E-state index in [0.717, 1.165) is 29.5 Å². The third-order valence-corrected chi connectivity index (χ3v) is 7.50. The van der Waals surface area contributed by atoms with Crippen molar-refractivity contribution in [3.05, 3.63) is 57.9 Å². The molecule has 1 aliphatic carbocycles. The number of carboxylic acid groups (broad SMARTS) is 1. The molecule has 0 spiro atoms. The van der Waals surface area contributed by atoms with E-state index in [1.807, 2.05) is 26.8 Å². The minimum atomic E-state index is -0.967. The molecule has 0 fully saturated rings. The van der Waals surface area contributed by atoms with Gasteiger partial charge in [0, 0.05) is 25.1 Å². The van der Waals surface area contributed by atoms with E-state index in [1.165, 1.54) is 11.0 Å². The number of ether oxygens (including phenoxy) is 1. The first-order chi connectivity index (χ1) is 17.0. The monoisotopic (exact) mass is 496 g/mol. The van der Waals surface area contributed by atoms with Crippen molar-refractivity contribution in [2.75, 3.05) is 19.0 Å². The molecule has 0 saturated carbocycles. The van der Waals surface area contributed by atoms with Gasteiger partial charge in [-0.1, -0.05) is 19.9 Å². The summed E-state index contributed by atoms with van der Waals surface area (Å²) in [7, 11) is 1.59. The van der Waals surface area contributed by atoms with Gasteiger partial charge >= 0.3 is 5.97 Å². The van der Waals surface area contributed by atoms with Crippen molar-refractivity contribution >= 4 is 23.5 Å². The van der Waals surface area contributed by atoms with Crippen LogP contribution in [0.3, 0.4) is 0 Å². The molecule has 2 aliphatic rings. The Morgan fingerprint density at radius 1 is 1.19 bits per heavy atom. The topological polar surface area (TPSA) is 95.9 Å². The number of halogens is 1. The molecule has 7 nitrogen and oxygen atoms in total. The van der Waals surface area contributed by atoms with Gasteiger partial charge in [0.2, 0.25) is 5.91 Å². The summed E-state index contributed by atoms with van der Waals surface area (Å²) in [5.41, 5.74) is 4.27. The molecular weight excluding hydrogens is 463 g/mol. The molecule has 0 aromatic heterocycles. The van der Waals surface area contributed by atoms with Crippen LogP contribution in [-0.2, 0) is 32.6 Å². The van der Waals surface area contributed by atoms with Crippen LogP contribution in [0.2, 0.25) is 0 Å². The first-order valence-electron chi connectivity index (χ1n) is 12.3. The van der Waals surface area contributed by atoms with Crippen LogP contribution in [0, 0.1) is 12.7 Å². The highest BCUT2D eigenvalue weighted by molar-refractivity contribution is 5.98. The molecule has 192 valence electrons. The third kappa shape index (κ3) is 4.81. The molecule has 4 rings (SSSR count). The lowest BCUT2D eigenvalue weighted by Crippen LogP contribution is -2.45. The summed E-state index contributed by atoms with van der Waals surface area (Å²) in [5, 5.41) is 11.8. The predicted octanol–water partition coefficient (Wildman–Crippen LogP) is 4.69. The van der Waals surface area contributed by atoms with Crippen LogP contribution in [0.4, 0.5) is 10.1 Å². The van der Waals surface area contributed by atoms with E-state index in [9.17, 15) is 14.4 Å². The van der Waals surface area contributed by atoms with Crippen molar-refractivity contribution in [1.29, 1.82) is 0 Å². The van der Waals surface area contributed by atoms with Crippen molar-refractivity contribution in [2.24, 2.45) is 0 Å². The van der Waals surface area contributed by atoms with Crippen molar-refractivity contribution in [1.82, 2.24) is 4.90 Å². The number of carbonyl (C=O) groups is 3. The second-order valence-corrected chi connectivity index (χ2v) is 10.3. The molecule has 1 aliphatic heterocycles. The van der Waals surface area contributed by atoms with Crippen LogP contribution in [0.15, 0.2) is 24.3 Å². The van der Waals surface area contributed by atoms with E-state index in [1.54, 1.807) is 19.2 Å². The van der Waals surface area contributed by atoms with Gasteiger partial charge in [0.05, 0.1) is 7.11 Å². The number of aryl methyl sites for hydroxylation is 1. The standard InChI is InChI=1S/C28H33FN2O5/c1-16-19-11-13-31(23(32)6-5-7-24(33)34)26(20(19)8-9-22(16)36-4)27(35)30-18-14-17-10-12-28(2,3)25(17)21(29)15-18/h8-9,14-15,26H,5-7,10-13H2,1-4H3,(H,30,35)(H,33,34)/t26-/m1/s1. The lowest BCUT2D eigenvalue weighted by atomic mass is 9.86. The zero-order valence-corrected chi connectivity index (χ0v) is 21.2. The molecule has 8 heteroatoms. The molecule has 1 atom stereocenters. The number of nitrogens with one attached hydrogen (secondary N) is 1. The predicted molar refractivity (Wildman–Crippen MR) is 134 cm³/mol. The zero-order chi connectivity index (χ0) is 26.2. The number of amides is 2. The maximum Gasteiger partial charge on any atom is 0.303 e. The number of nitrogens with zero attached hydrogens (tertiary/aromatic N) is 1. The summed E-state index contributed by atoms with van der Waals surface area (Å²) in [5.74, 6) is -1.30. The molecule has 0 bridgehead atoms. The summed E-state index contributed by atoms with van der Waals surface area (Å²) in [6.07, 6.45) is 2.24. The SMILES string of the molecule is COc1ccc2c(c1C)CCN(C(=O)CCCC(=O)O)[C@H]2C(=O)Nc1cc(F)c2c(c1)CCC2(C)C. The fourth-order valence-corrected chi connectivity index (χ4v) is 5.65. The molecule has 0 saturated heterocycles. The van der Waals surface area contributed by atoms with Crippen molar-refractivity contribution in [3.8, 4) is 5.75 Å². The molecule has 2 N–H and O–H groups in total. The van der Waals surface area contributed by atoms with Crippen molar-refractivity contribution < 1.29 is 28.6 Å². The number of methoxy groups -OCH3 is 1. The molecule has 1 heterocycles. The minimum absolute atomic E-state index is 0.0309. The maximum absolute atomic E-state index is 15.0. The minimum Gasteiger partial charge on any atom is -0.496 e. The maximum atomic E-state index is 15.0. The molecule has 2 amide bonds. The summed E-state index contributed by atoms with van der Waals surface area (Å²) < 4.78 is 20.5. The highest BCUT2D eigenvalue weighted by Gasteiger charge is 2.38. The largest absolute Gasteiger partial charge is 0.496 e. The van der Waals surface area contributed by atoms with Gasteiger partial charge < -0.3 is 20.1 Å². The first kappa shape index (κ1) is 25.7. The number of hydrogen-bond acceptors (Lipinski definition) is 4. The van der Waals surface area contributed by atoms with Gasteiger partial charge in [-0.15, -0.1) is 0 Å². The Bertz CT molecular complexity index is 1220. The summed E-state index contributed by atoms with van der Waals surface area (Å²) in [4.78, 5) is 39.2. The number of aliphatic carboxylic acids is 1. The van der Waals surface area contributed by atoms with E-state index in [-0.39, 0.29) is 36.4 Å². The van der Waals surface area contributed by atoms with Crippen LogP contribution in [0.1, 0.15) is 73.4 Å². The molecular formula is C28H33FN2O5. The first-order valence-corrected chi connectivity index (χ1v) is 12.3. The summed E-state index contributed by atoms with van der Waals surface area (Å²) in [6, 6.07) is 5.85. The average molecular weight is 497 g/mol. The molecule has 2 aromatic carbocycles. The number of carboxylic acids is 1. The quantitative estimate of drug-likeness (QED) is 0.580. The number of anilines is 1. The third-order valence-electron chi connectivity index (χ3n) is 7.50. The van der Waals surface area contributed by atoms with E-state index in [0.29, 0.717) is 35.5 Å². The van der Waals surface area contributed by atoms with E-state index in [2.05, 4.69) is 5.32 Å². The van der Waals surface area contributed by atoms with Crippen LogP contribution in [0.5, 0.6) is 5.75 Å². The molecule has 0 radical (unpaired) electrons. The van der Waals surface area contributed by atoms with Crippen LogP contribution in [-0.4, -0.2) is 41.4 Å². The van der Waals surface area contributed by atoms with E-state index < -0.39 is 17.9 Å². The van der Waals surface area contributed by atoms with Gasteiger partial charge in [0.25, 0.3) is 5.91 Å². The Hall–Kier alpha value is -3.42. The fraction of sp³-hybridized carbons (Fsp3) is 0.464. The van der Waals surface area contributed by atoms with Gasteiger partial charge in [-0.2, -0.15) is 0 Å². The molecule has 0 unspecified atom stereocenters. The average Bonchev–Trinajstić information content (AvgIpc) is 3.12. The van der Waals surface area contributed by atoms with Gasteiger partial charge in [0.1, 0.15) is 17.6 Å². The Morgan fingerprint density at radius 2 is 1.94 bits per heavy atom. The number of benzene rings is 2. The van der Waals surface area contributed by atoms with Gasteiger partial charge in [-0.05, 0) is 84.0 Å². The summed E-state index contributed by atoms with van der Waals surface area (Å²) in [6.45, 7) is 6.28. The van der Waals surface area contributed by atoms with E-state index >= 15 is 4.39 Å². The Morgan fingerprint density at radius 3 is 2.64 bits per heavy atom. The summed E-state index contributed by atoms with van der Waals surface area (Å²) >= 11 is 0. The van der Waals surface area contributed by atoms with Crippen molar-refractivity contribution in [3.63, 3.8) is 0 Å². The lowest BCUT2D eigenvalue weighted by Gasteiger charge is -2.37. The van der Waals surface area contributed by atoms with Crippen LogP contribution < -0.4 is 10.1 Å². The Balaban J connectivity index is 1.66. The number of carbonyl (C=O) groups excluding carboxylic acids is 2. The van der Waals surface area contributed by atoms with Crippen LogP contribution in [0.25, 0.3) is 0 Å². The Labute approximate surface area is 210 Å². The second kappa shape index (κ2) is 9.91. The van der Waals surface area contributed by atoms with E-state index in [4.69, 9.17) is 9.84 Å².